The molecule has 0 aliphatic heterocycles. The molecule has 1 aliphatic rings. The lowest BCUT2D eigenvalue weighted by atomic mass is 10.2. The average Bonchev–Trinajstić information content (AvgIpc) is 3.07. The minimum absolute atomic E-state index is 0.711. The summed E-state index contributed by atoms with van der Waals surface area (Å²) in [5.74, 6) is 0.989. The minimum atomic E-state index is 0.711. The van der Waals surface area contributed by atoms with Gasteiger partial charge in [0.25, 0.3) is 0 Å². The molecule has 0 N–H and O–H groups in total. The van der Waals surface area contributed by atoms with Crippen LogP contribution in [0.15, 0.2) is 18.5 Å². The molecule has 0 saturated heterocycles. The fourth-order valence-corrected chi connectivity index (χ4v) is 2.11. The maximum Gasteiger partial charge on any atom is 0.129 e. The maximum atomic E-state index is 4.61. The van der Waals surface area contributed by atoms with Gasteiger partial charge in [-0.05, 0) is 25.3 Å². The van der Waals surface area contributed by atoms with E-state index in [1.165, 1.54) is 31.2 Å². The zero-order chi connectivity index (χ0) is 11.0. The molecule has 16 heavy (non-hydrogen) atoms. The van der Waals surface area contributed by atoms with Crippen molar-refractivity contribution in [2.24, 2.45) is 0 Å². The van der Waals surface area contributed by atoms with Gasteiger partial charge in [-0.15, -0.1) is 0 Å². The molecule has 84 valence electrons. The van der Waals surface area contributed by atoms with Crippen molar-refractivity contribution in [1.29, 1.82) is 0 Å². The van der Waals surface area contributed by atoms with Crippen molar-refractivity contribution in [2.45, 2.75) is 45.1 Å². The van der Waals surface area contributed by atoms with E-state index in [1.54, 1.807) is 0 Å². The van der Waals surface area contributed by atoms with Crippen LogP contribution in [0.25, 0.3) is 11.0 Å². The number of fused-ring (bicyclic) bond motifs is 1. The van der Waals surface area contributed by atoms with Gasteiger partial charge in [0.1, 0.15) is 5.82 Å². The zero-order valence-electron chi connectivity index (χ0n) is 9.69. The van der Waals surface area contributed by atoms with Crippen LogP contribution in [0.1, 0.15) is 44.5 Å². The summed E-state index contributed by atoms with van der Waals surface area (Å²) in [6.45, 7) is 2.20. The normalized spacial score (nSPS) is 15.8. The Morgan fingerprint density at radius 3 is 3.06 bits per heavy atom. The van der Waals surface area contributed by atoms with Crippen LogP contribution in [0.3, 0.4) is 0 Å². The van der Waals surface area contributed by atoms with Crippen LogP contribution in [0, 0.1) is 0 Å². The lowest BCUT2D eigenvalue weighted by molar-refractivity contribution is 0.750. The Balaban J connectivity index is 1.93. The SMILES string of the molecule is CCCCc1ncc2c(ccn2C2CC2)n1. The summed E-state index contributed by atoms with van der Waals surface area (Å²) in [6.07, 6.45) is 10.1. The van der Waals surface area contributed by atoms with E-state index in [0.717, 1.165) is 17.8 Å². The smallest absolute Gasteiger partial charge is 0.129 e. The molecule has 0 spiro atoms. The highest BCUT2D eigenvalue weighted by Gasteiger charge is 2.24. The van der Waals surface area contributed by atoms with Gasteiger partial charge in [-0.25, -0.2) is 9.97 Å². The fourth-order valence-electron chi connectivity index (χ4n) is 2.11. The van der Waals surface area contributed by atoms with E-state index in [2.05, 4.69) is 33.7 Å². The number of unbranched alkanes of at least 4 members (excludes halogenated alkanes) is 1. The van der Waals surface area contributed by atoms with Crippen molar-refractivity contribution in [3.05, 3.63) is 24.3 Å². The first kappa shape index (κ1) is 9.82. The highest BCUT2D eigenvalue weighted by molar-refractivity contribution is 5.75. The average molecular weight is 215 g/mol. The first-order valence-corrected chi connectivity index (χ1v) is 6.21. The summed E-state index contributed by atoms with van der Waals surface area (Å²) in [7, 11) is 0. The van der Waals surface area contributed by atoms with Gasteiger partial charge >= 0.3 is 0 Å². The van der Waals surface area contributed by atoms with E-state index < -0.39 is 0 Å². The Morgan fingerprint density at radius 2 is 2.31 bits per heavy atom. The molecule has 2 heterocycles. The van der Waals surface area contributed by atoms with Gasteiger partial charge in [0.15, 0.2) is 0 Å². The van der Waals surface area contributed by atoms with Crippen LogP contribution in [-0.2, 0) is 6.42 Å². The molecule has 0 unspecified atom stereocenters. The van der Waals surface area contributed by atoms with Crippen molar-refractivity contribution in [3.8, 4) is 0 Å². The third kappa shape index (κ3) is 1.70. The second-order valence-electron chi connectivity index (χ2n) is 4.61. The molecule has 0 atom stereocenters. The molecule has 1 saturated carbocycles. The molecule has 0 aromatic carbocycles. The van der Waals surface area contributed by atoms with E-state index in [1.807, 2.05) is 6.20 Å². The molecule has 0 radical (unpaired) electrons. The van der Waals surface area contributed by atoms with E-state index in [0.29, 0.717) is 6.04 Å². The molecule has 0 bridgehead atoms. The summed E-state index contributed by atoms with van der Waals surface area (Å²) in [5.41, 5.74) is 2.30. The van der Waals surface area contributed by atoms with Crippen LogP contribution >= 0.6 is 0 Å². The van der Waals surface area contributed by atoms with Gasteiger partial charge in [0.2, 0.25) is 0 Å². The zero-order valence-corrected chi connectivity index (χ0v) is 9.69. The van der Waals surface area contributed by atoms with Gasteiger partial charge in [-0.1, -0.05) is 13.3 Å². The fraction of sp³-hybridized carbons (Fsp3) is 0.538. The van der Waals surface area contributed by atoms with Gasteiger partial charge in [-0.2, -0.15) is 0 Å². The van der Waals surface area contributed by atoms with Gasteiger partial charge in [0, 0.05) is 18.7 Å². The second-order valence-corrected chi connectivity index (χ2v) is 4.61. The minimum Gasteiger partial charge on any atom is -0.342 e. The largest absolute Gasteiger partial charge is 0.342 e. The first-order valence-electron chi connectivity index (χ1n) is 6.21. The molecule has 3 rings (SSSR count). The van der Waals surface area contributed by atoms with Crippen molar-refractivity contribution in [3.63, 3.8) is 0 Å². The van der Waals surface area contributed by atoms with E-state index in [4.69, 9.17) is 0 Å². The second kappa shape index (κ2) is 3.89. The summed E-state index contributed by atoms with van der Waals surface area (Å²) >= 11 is 0. The summed E-state index contributed by atoms with van der Waals surface area (Å²) in [4.78, 5) is 9.07. The molecule has 1 fully saturated rings. The number of hydrogen-bond acceptors (Lipinski definition) is 2. The van der Waals surface area contributed by atoms with Gasteiger partial charge < -0.3 is 4.57 Å². The molecule has 2 aromatic rings. The van der Waals surface area contributed by atoms with Crippen molar-refractivity contribution < 1.29 is 0 Å². The number of rotatable bonds is 4. The first-order chi connectivity index (χ1) is 7.88. The van der Waals surface area contributed by atoms with Crippen molar-refractivity contribution >= 4 is 11.0 Å². The Morgan fingerprint density at radius 1 is 1.44 bits per heavy atom. The highest BCUT2D eigenvalue weighted by atomic mass is 15.1. The van der Waals surface area contributed by atoms with E-state index in [-0.39, 0.29) is 0 Å². The van der Waals surface area contributed by atoms with Crippen LogP contribution in [-0.4, -0.2) is 14.5 Å². The van der Waals surface area contributed by atoms with Crippen LogP contribution in [0.4, 0.5) is 0 Å². The summed E-state index contributed by atoms with van der Waals surface area (Å²) in [6, 6.07) is 2.83. The predicted octanol–water partition coefficient (Wildman–Crippen LogP) is 3.11. The van der Waals surface area contributed by atoms with E-state index in [9.17, 15) is 0 Å². The Bertz CT molecular complexity index is 497. The third-order valence-corrected chi connectivity index (χ3v) is 3.21. The number of hydrogen-bond donors (Lipinski definition) is 0. The Hall–Kier alpha value is -1.38. The number of aryl methyl sites for hydroxylation is 1. The number of nitrogens with zero attached hydrogens (tertiary/aromatic N) is 3. The van der Waals surface area contributed by atoms with Crippen LogP contribution < -0.4 is 0 Å². The van der Waals surface area contributed by atoms with Crippen LogP contribution in [0.2, 0.25) is 0 Å². The molecular weight excluding hydrogens is 198 g/mol. The lowest BCUT2D eigenvalue weighted by Gasteiger charge is -2.02. The molecular formula is C13H17N3. The quantitative estimate of drug-likeness (QED) is 0.784. The van der Waals surface area contributed by atoms with Crippen LogP contribution in [0.5, 0.6) is 0 Å². The molecule has 2 aromatic heterocycles. The number of aromatic nitrogens is 3. The predicted molar refractivity (Wildman–Crippen MR) is 64.4 cm³/mol. The summed E-state index contributed by atoms with van der Waals surface area (Å²) < 4.78 is 2.32. The maximum absolute atomic E-state index is 4.61. The Kier molecular flexibility index (Phi) is 2.39. The summed E-state index contributed by atoms with van der Waals surface area (Å²) in [5, 5.41) is 0. The van der Waals surface area contributed by atoms with Gasteiger partial charge in [-0.3, -0.25) is 0 Å². The lowest BCUT2D eigenvalue weighted by Crippen LogP contribution is -1.97. The standard InChI is InChI=1S/C13H17N3/c1-2-3-4-13-14-9-12-11(15-13)7-8-16(12)10-5-6-10/h7-10H,2-6H2,1H3. The van der Waals surface area contributed by atoms with Crippen molar-refractivity contribution in [1.82, 2.24) is 14.5 Å². The van der Waals surface area contributed by atoms with E-state index >= 15 is 0 Å². The molecule has 1 aliphatic carbocycles. The van der Waals surface area contributed by atoms with Crippen molar-refractivity contribution in [2.75, 3.05) is 0 Å². The molecule has 0 amide bonds. The monoisotopic (exact) mass is 215 g/mol. The molecule has 3 nitrogen and oxygen atoms in total. The topological polar surface area (TPSA) is 30.7 Å². The van der Waals surface area contributed by atoms with Gasteiger partial charge in [0.05, 0.1) is 17.2 Å². The Labute approximate surface area is 95.5 Å². The third-order valence-electron chi connectivity index (χ3n) is 3.21. The molecule has 3 heteroatoms. The highest BCUT2D eigenvalue weighted by Crippen LogP contribution is 2.37.